The van der Waals surface area contributed by atoms with Gasteiger partial charge in [-0.2, -0.15) is 0 Å². The number of halogens is 1. The van der Waals surface area contributed by atoms with E-state index in [9.17, 15) is 4.79 Å². The number of aromatic nitrogens is 2. The zero-order valence-electron chi connectivity index (χ0n) is 14.0. The number of fused-ring (bicyclic) bond motifs is 2. The number of methoxy groups -OCH3 is 2. The van der Waals surface area contributed by atoms with E-state index in [1.807, 2.05) is 0 Å². The Hall–Kier alpha value is -1.60. The summed E-state index contributed by atoms with van der Waals surface area (Å²) in [5.41, 5.74) is 6.40. The summed E-state index contributed by atoms with van der Waals surface area (Å²) in [5, 5.41) is 3.17. The van der Waals surface area contributed by atoms with Crippen LogP contribution in [0.25, 0.3) is 0 Å². The first-order chi connectivity index (χ1) is 11.1. The Kier molecular flexibility index (Phi) is 6.23. The van der Waals surface area contributed by atoms with Gasteiger partial charge in [0, 0.05) is 12.1 Å². The van der Waals surface area contributed by atoms with Crippen molar-refractivity contribution in [3.63, 3.8) is 0 Å². The maximum atomic E-state index is 12.8. The first-order valence-corrected chi connectivity index (χ1v) is 8.13. The summed E-state index contributed by atoms with van der Waals surface area (Å²) in [6.45, 7) is 0. The molecule has 3 rings (SSSR count). The minimum Gasteiger partial charge on any atom is -0.480 e. The van der Waals surface area contributed by atoms with Gasteiger partial charge in [-0.3, -0.25) is 4.79 Å². The third-order valence-corrected chi connectivity index (χ3v) is 5.07. The Morgan fingerprint density at radius 2 is 1.71 bits per heavy atom. The van der Waals surface area contributed by atoms with Crippen molar-refractivity contribution in [1.82, 2.24) is 15.3 Å². The second-order valence-corrected chi connectivity index (χ2v) is 6.45. The lowest BCUT2D eigenvalue weighted by Gasteiger charge is -2.45. The second-order valence-electron chi connectivity index (χ2n) is 6.45. The molecule has 0 aromatic carbocycles. The van der Waals surface area contributed by atoms with Gasteiger partial charge in [0.1, 0.15) is 6.33 Å². The van der Waals surface area contributed by atoms with Crippen molar-refractivity contribution in [2.45, 2.75) is 44.2 Å². The molecule has 8 heteroatoms. The molecule has 1 heterocycles. The molecule has 0 radical (unpaired) electrons. The molecular weight excluding hydrogens is 332 g/mol. The number of carbonyl (C=O) groups is 1. The molecule has 2 saturated carbocycles. The summed E-state index contributed by atoms with van der Waals surface area (Å²) >= 11 is 0. The maximum Gasteiger partial charge on any atom is 0.262 e. The summed E-state index contributed by atoms with van der Waals surface area (Å²) in [4.78, 5) is 20.8. The van der Waals surface area contributed by atoms with Gasteiger partial charge in [-0.05, 0) is 37.5 Å². The van der Waals surface area contributed by atoms with Gasteiger partial charge in [0.15, 0.2) is 5.56 Å². The van der Waals surface area contributed by atoms with Gasteiger partial charge in [-0.15, -0.1) is 12.4 Å². The first-order valence-electron chi connectivity index (χ1n) is 8.13. The molecule has 2 fully saturated rings. The quantitative estimate of drug-likeness (QED) is 0.849. The Bertz CT molecular complexity index is 550. The first kappa shape index (κ1) is 18.7. The Morgan fingerprint density at radius 1 is 1.17 bits per heavy atom. The van der Waals surface area contributed by atoms with Crippen molar-refractivity contribution >= 4 is 18.3 Å². The van der Waals surface area contributed by atoms with Crippen molar-refractivity contribution in [3.05, 3.63) is 11.9 Å². The molecule has 7 nitrogen and oxygen atoms in total. The lowest BCUT2D eigenvalue weighted by atomic mass is 9.67. The molecule has 1 amide bonds. The Labute approximate surface area is 148 Å². The van der Waals surface area contributed by atoms with E-state index in [2.05, 4.69) is 15.3 Å². The average Bonchev–Trinajstić information content (AvgIpc) is 2.54. The number of amides is 1. The van der Waals surface area contributed by atoms with E-state index in [4.69, 9.17) is 15.2 Å². The highest BCUT2D eigenvalue weighted by Crippen LogP contribution is 2.40. The minimum atomic E-state index is -0.239. The molecule has 0 aliphatic heterocycles. The van der Waals surface area contributed by atoms with Crippen LogP contribution >= 0.6 is 12.4 Å². The number of carbonyl (C=O) groups excluding carboxylic acids is 1. The Balaban J connectivity index is 0.00000208. The average molecular weight is 357 g/mol. The third-order valence-electron chi connectivity index (χ3n) is 5.07. The topological polar surface area (TPSA) is 99.4 Å². The number of rotatable bonds is 4. The molecule has 2 bridgehead atoms. The lowest BCUT2D eigenvalue weighted by Crippen LogP contribution is -2.53. The monoisotopic (exact) mass is 356 g/mol. The van der Waals surface area contributed by atoms with E-state index in [0.717, 1.165) is 25.7 Å². The summed E-state index contributed by atoms with van der Waals surface area (Å²) < 4.78 is 10.4. The molecule has 1 aromatic rings. The molecule has 0 saturated heterocycles. The molecular formula is C16H25ClN4O3. The minimum absolute atomic E-state index is 0. The highest BCUT2D eigenvalue weighted by Gasteiger charge is 2.40. The van der Waals surface area contributed by atoms with Crippen LogP contribution in [0.2, 0.25) is 0 Å². The maximum absolute atomic E-state index is 12.8. The van der Waals surface area contributed by atoms with Crippen molar-refractivity contribution in [2.75, 3.05) is 14.2 Å². The third kappa shape index (κ3) is 3.57. The van der Waals surface area contributed by atoms with E-state index in [1.54, 1.807) is 0 Å². The highest BCUT2D eigenvalue weighted by atomic mass is 35.5. The van der Waals surface area contributed by atoms with E-state index < -0.39 is 0 Å². The van der Waals surface area contributed by atoms with Gasteiger partial charge in [0.2, 0.25) is 11.8 Å². The van der Waals surface area contributed by atoms with Crippen molar-refractivity contribution in [3.8, 4) is 11.8 Å². The molecule has 2 atom stereocenters. The van der Waals surface area contributed by atoms with Crippen LogP contribution in [-0.4, -0.2) is 42.2 Å². The second kappa shape index (κ2) is 7.98. The van der Waals surface area contributed by atoms with Crippen LogP contribution in [0, 0.1) is 11.8 Å². The standard InChI is InChI=1S/C16H24N4O3.ClH/c1-22-15-12(16(23-2)19-8-18-15)14(21)20-13-9-4-3-5-10(13)7-11(17)6-9;/h8-11,13H,3-7,17H2,1-2H3,(H,20,21);1H. The number of nitrogens with two attached hydrogens (primary N) is 1. The number of nitrogens with zero attached hydrogens (tertiary/aromatic N) is 2. The van der Waals surface area contributed by atoms with Crippen LogP contribution in [0.1, 0.15) is 42.5 Å². The fourth-order valence-corrected chi connectivity index (χ4v) is 4.11. The van der Waals surface area contributed by atoms with E-state index in [-0.39, 0.29) is 47.7 Å². The predicted octanol–water partition coefficient (Wildman–Crippen LogP) is 1.55. The van der Waals surface area contributed by atoms with Crippen LogP contribution in [0.15, 0.2) is 6.33 Å². The number of hydrogen-bond donors (Lipinski definition) is 2. The lowest BCUT2D eigenvalue weighted by molar-refractivity contribution is 0.0749. The highest BCUT2D eigenvalue weighted by molar-refractivity contribution is 5.98. The smallest absolute Gasteiger partial charge is 0.262 e. The molecule has 3 N–H and O–H groups in total. The van der Waals surface area contributed by atoms with Gasteiger partial charge in [-0.25, -0.2) is 9.97 Å². The van der Waals surface area contributed by atoms with Crippen molar-refractivity contribution in [1.29, 1.82) is 0 Å². The molecule has 24 heavy (non-hydrogen) atoms. The molecule has 0 spiro atoms. The van der Waals surface area contributed by atoms with Gasteiger partial charge in [0.05, 0.1) is 14.2 Å². The predicted molar refractivity (Wildman–Crippen MR) is 91.7 cm³/mol. The van der Waals surface area contributed by atoms with Crippen LogP contribution < -0.4 is 20.5 Å². The van der Waals surface area contributed by atoms with Gasteiger partial charge in [0.25, 0.3) is 5.91 Å². The fourth-order valence-electron chi connectivity index (χ4n) is 4.11. The van der Waals surface area contributed by atoms with E-state index >= 15 is 0 Å². The summed E-state index contributed by atoms with van der Waals surface area (Å²) in [7, 11) is 2.96. The van der Waals surface area contributed by atoms with E-state index in [1.165, 1.54) is 27.0 Å². The van der Waals surface area contributed by atoms with E-state index in [0.29, 0.717) is 11.8 Å². The van der Waals surface area contributed by atoms with Crippen molar-refractivity contribution < 1.29 is 14.3 Å². The van der Waals surface area contributed by atoms with Crippen LogP contribution in [0.3, 0.4) is 0 Å². The van der Waals surface area contributed by atoms with Gasteiger partial charge < -0.3 is 20.5 Å². The normalized spacial score (nSPS) is 28.5. The van der Waals surface area contributed by atoms with Crippen molar-refractivity contribution in [2.24, 2.45) is 17.6 Å². The van der Waals surface area contributed by atoms with Crippen LogP contribution in [-0.2, 0) is 0 Å². The molecule has 2 unspecified atom stereocenters. The zero-order valence-corrected chi connectivity index (χ0v) is 14.8. The number of hydrogen-bond acceptors (Lipinski definition) is 6. The van der Waals surface area contributed by atoms with Gasteiger partial charge >= 0.3 is 0 Å². The Morgan fingerprint density at radius 3 is 2.21 bits per heavy atom. The summed E-state index contributed by atoms with van der Waals surface area (Å²) in [6, 6.07) is 0.410. The fraction of sp³-hybridized carbons (Fsp3) is 0.688. The number of nitrogens with one attached hydrogen (secondary N) is 1. The SMILES string of the molecule is COc1ncnc(OC)c1C(=O)NC1C2CCCC1CC(N)C2.Cl. The molecule has 134 valence electrons. The van der Waals surface area contributed by atoms with Gasteiger partial charge in [-0.1, -0.05) is 6.42 Å². The van der Waals surface area contributed by atoms with Crippen LogP contribution in [0.5, 0.6) is 11.8 Å². The molecule has 2 aliphatic rings. The van der Waals surface area contributed by atoms with Crippen LogP contribution in [0.4, 0.5) is 0 Å². The summed E-state index contributed by atoms with van der Waals surface area (Å²) in [6.07, 6.45) is 6.73. The zero-order chi connectivity index (χ0) is 16.4. The summed E-state index contributed by atoms with van der Waals surface area (Å²) in [5.74, 6) is 1.11. The molecule has 2 aliphatic carbocycles. The molecule has 1 aromatic heterocycles. The number of ether oxygens (including phenoxy) is 2. The largest absolute Gasteiger partial charge is 0.480 e.